The molecule has 1 aliphatic rings. The van der Waals surface area contributed by atoms with Crippen LogP contribution in [0.3, 0.4) is 0 Å². The van der Waals surface area contributed by atoms with Gasteiger partial charge in [0, 0.05) is 17.7 Å². The van der Waals surface area contributed by atoms with Crippen molar-refractivity contribution in [3.8, 4) is 28.1 Å². The summed E-state index contributed by atoms with van der Waals surface area (Å²) in [5.41, 5.74) is 6.65. The van der Waals surface area contributed by atoms with Crippen LogP contribution in [0, 0.1) is 18.3 Å². The summed E-state index contributed by atoms with van der Waals surface area (Å²) in [6.07, 6.45) is 1.55. The molecule has 2 aromatic carbocycles. The molecule has 0 radical (unpaired) electrons. The number of aromatic nitrogens is 5. The van der Waals surface area contributed by atoms with Crippen LogP contribution in [0.1, 0.15) is 46.5 Å². The minimum atomic E-state index is -0.180. The molecule has 14 heteroatoms. The first-order chi connectivity index (χ1) is 20.0. The fraction of sp³-hybridized carbons (Fsp3) is 0.259. The van der Waals surface area contributed by atoms with Crippen molar-refractivity contribution in [1.82, 2.24) is 30.6 Å². The van der Waals surface area contributed by atoms with Crippen molar-refractivity contribution in [2.45, 2.75) is 26.7 Å². The quantitative estimate of drug-likeness (QED) is 0.223. The number of H-pyrrole nitrogens is 1. The van der Waals surface area contributed by atoms with Crippen molar-refractivity contribution in [3.05, 3.63) is 64.4 Å². The van der Waals surface area contributed by atoms with Gasteiger partial charge in [-0.25, -0.2) is 9.99 Å². The normalized spacial score (nSPS) is 13.4. The maximum atomic E-state index is 13.5. The van der Waals surface area contributed by atoms with Gasteiger partial charge in [-0.3, -0.25) is 10.2 Å². The van der Waals surface area contributed by atoms with Crippen LogP contribution < -0.4 is 14.9 Å². The molecule has 0 aliphatic carbocycles. The SMILES string of the molecule is CCOc1cc(C2=NN(C(=O)c3sc(-c4ccc(N/N=C(/C#N)c5nn[nH]n5)cc4)nc3C)CCC2)ccc1OC. The Morgan fingerprint density at radius 2 is 2.02 bits per heavy atom. The van der Waals surface area contributed by atoms with Gasteiger partial charge in [-0.15, -0.1) is 21.5 Å². The summed E-state index contributed by atoms with van der Waals surface area (Å²) in [6, 6.07) is 14.9. The number of carbonyl (C=O) groups excluding carboxylic acids is 1. The molecule has 0 spiro atoms. The Morgan fingerprint density at radius 1 is 1.22 bits per heavy atom. The zero-order chi connectivity index (χ0) is 28.8. The first-order valence-electron chi connectivity index (χ1n) is 12.8. The molecule has 2 N–H and O–H groups in total. The molecule has 4 aromatic rings. The fourth-order valence-corrected chi connectivity index (χ4v) is 5.16. The van der Waals surface area contributed by atoms with E-state index in [-0.39, 0.29) is 17.4 Å². The second-order valence-corrected chi connectivity index (χ2v) is 9.81. The molecular weight excluding hydrogens is 544 g/mol. The first-order valence-corrected chi connectivity index (χ1v) is 13.6. The number of aryl methyl sites for hydroxylation is 1. The summed E-state index contributed by atoms with van der Waals surface area (Å²) >= 11 is 1.33. The second-order valence-electron chi connectivity index (χ2n) is 8.81. The van der Waals surface area contributed by atoms with Gasteiger partial charge in [0.15, 0.2) is 11.5 Å². The lowest BCUT2D eigenvalue weighted by atomic mass is 10.0. The van der Waals surface area contributed by atoms with Crippen LogP contribution in [0.2, 0.25) is 0 Å². The molecule has 0 atom stereocenters. The summed E-state index contributed by atoms with van der Waals surface area (Å²) in [6.45, 7) is 4.78. The number of hydrogen-bond acceptors (Lipinski definition) is 12. The molecule has 0 bridgehead atoms. The molecule has 41 heavy (non-hydrogen) atoms. The monoisotopic (exact) mass is 570 g/mol. The van der Waals surface area contributed by atoms with Gasteiger partial charge in [-0.1, -0.05) is 0 Å². The predicted molar refractivity (Wildman–Crippen MR) is 153 cm³/mol. The molecule has 0 unspecified atom stereocenters. The van der Waals surface area contributed by atoms with Gasteiger partial charge >= 0.3 is 0 Å². The maximum absolute atomic E-state index is 13.5. The Balaban J connectivity index is 1.32. The number of methoxy groups -OCH3 is 1. The number of rotatable bonds is 9. The van der Waals surface area contributed by atoms with Gasteiger partial charge in [0.2, 0.25) is 11.5 Å². The van der Waals surface area contributed by atoms with Crippen LogP contribution in [-0.2, 0) is 0 Å². The van der Waals surface area contributed by atoms with Crippen LogP contribution in [0.25, 0.3) is 10.6 Å². The highest BCUT2D eigenvalue weighted by Gasteiger charge is 2.25. The van der Waals surface area contributed by atoms with Crippen molar-refractivity contribution in [2.75, 3.05) is 25.7 Å². The first kappa shape index (κ1) is 27.4. The minimum absolute atomic E-state index is 0.00761. The summed E-state index contributed by atoms with van der Waals surface area (Å²) in [7, 11) is 1.60. The zero-order valence-electron chi connectivity index (χ0n) is 22.6. The standard InChI is InChI=1S/C27H26N10O3S/c1-4-40-23-14-18(9-12-22(23)39-3)20-6-5-13-37(34-20)27(38)24-16(2)29-26(41-24)17-7-10-19(11-8-17)30-31-21(15-28)25-32-35-36-33-25/h7-12,14,30H,4-6,13H2,1-3H3,(H,32,33,35,36)/b31-21-. The molecule has 0 fully saturated rings. The fourth-order valence-electron chi connectivity index (χ4n) is 4.15. The van der Waals surface area contributed by atoms with E-state index in [4.69, 9.17) is 14.6 Å². The number of hydrazone groups is 2. The van der Waals surface area contributed by atoms with Crippen molar-refractivity contribution >= 4 is 34.4 Å². The van der Waals surface area contributed by atoms with Gasteiger partial charge in [-0.2, -0.15) is 20.7 Å². The van der Waals surface area contributed by atoms with Crippen LogP contribution in [0.5, 0.6) is 11.5 Å². The minimum Gasteiger partial charge on any atom is -0.493 e. The Hall–Kier alpha value is -5.16. The van der Waals surface area contributed by atoms with E-state index in [0.717, 1.165) is 29.7 Å². The number of anilines is 1. The number of nitrogens with one attached hydrogen (secondary N) is 2. The second kappa shape index (κ2) is 12.3. The molecule has 13 nitrogen and oxygen atoms in total. The van der Waals surface area contributed by atoms with Gasteiger partial charge in [0.05, 0.1) is 30.8 Å². The summed E-state index contributed by atoms with van der Waals surface area (Å²) in [5, 5.41) is 33.5. The van der Waals surface area contributed by atoms with Crippen LogP contribution in [0.15, 0.2) is 52.7 Å². The van der Waals surface area contributed by atoms with E-state index in [2.05, 4.69) is 36.1 Å². The van der Waals surface area contributed by atoms with E-state index in [0.29, 0.717) is 45.9 Å². The molecule has 208 valence electrons. The number of thiazole rings is 1. The number of carbonyl (C=O) groups is 1. The Morgan fingerprint density at radius 3 is 2.73 bits per heavy atom. The number of hydrogen-bond donors (Lipinski definition) is 2. The van der Waals surface area contributed by atoms with Crippen molar-refractivity contribution in [1.29, 1.82) is 5.26 Å². The lowest BCUT2D eigenvalue weighted by molar-refractivity contribution is 0.0755. The highest BCUT2D eigenvalue weighted by molar-refractivity contribution is 7.17. The van der Waals surface area contributed by atoms with E-state index in [1.54, 1.807) is 19.2 Å². The molecule has 5 rings (SSSR count). The molecule has 0 saturated heterocycles. The number of nitriles is 1. The average Bonchev–Trinajstić information content (AvgIpc) is 3.68. The highest BCUT2D eigenvalue weighted by atomic mass is 32.1. The zero-order valence-corrected chi connectivity index (χ0v) is 23.4. The predicted octanol–water partition coefficient (Wildman–Crippen LogP) is 4.02. The summed E-state index contributed by atoms with van der Waals surface area (Å²) in [5.74, 6) is 1.21. The number of nitrogens with zero attached hydrogens (tertiary/aromatic N) is 8. The maximum Gasteiger partial charge on any atom is 0.285 e. The van der Waals surface area contributed by atoms with Crippen LogP contribution in [0.4, 0.5) is 5.69 Å². The van der Waals surface area contributed by atoms with Crippen molar-refractivity contribution in [3.63, 3.8) is 0 Å². The smallest absolute Gasteiger partial charge is 0.285 e. The third-order valence-electron chi connectivity index (χ3n) is 6.14. The molecule has 1 aliphatic heterocycles. The third kappa shape index (κ3) is 6.04. The molecule has 2 aromatic heterocycles. The van der Waals surface area contributed by atoms with Gasteiger partial charge in [-0.05, 0) is 74.4 Å². The number of benzene rings is 2. The van der Waals surface area contributed by atoms with E-state index in [1.807, 2.05) is 50.2 Å². The topological polar surface area (TPSA) is 167 Å². The highest BCUT2D eigenvalue weighted by Crippen LogP contribution is 2.32. The van der Waals surface area contributed by atoms with Gasteiger partial charge < -0.3 is 9.47 Å². The Labute approximate surface area is 239 Å². The third-order valence-corrected chi connectivity index (χ3v) is 7.33. The van der Waals surface area contributed by atoms with Crippen LogP contribution in [-0.4, -0.2) is 68.2 Å². The van der Waals surface area contributed by atoms with E-state index >= 15 is 0 Å². The summed E-state index contributed by atoms with van der Waals surface area (Å²) < 4.78 is 11.1. The molecular formula is C27H26N10O3S. The van der Waals surface area contributed by atoms with E-state index in [1.165, 1.54) is 16.3 Å². The Bertz CT molecular complexity index is 1640. The van der Waals surface area contributed by atoms with Crippen molar-refractivity contribution < 1.29 is 14.3 Å². The number of tetrazole rings is 1. The number of ether oxygens (including phenoxy) is 2. The lowest BCUT2D eigenvalue weighted by Gasteiger charge is -2.23. The molecule has 3 heterocycles. The number of aromatic amines is 1. The molecule has 1 amide bonds. The van der Waals surface area contributed by atoms with E-state index < -0.39 is 0 Å². The average molecular weight is 571 g/mol. The van der Waals surface area contributed by atoms with Gasteiger partial charge in [0.1, 0.15) is 16.0 Å². The van der Waals surface area contributed by atoms with Gasteiger partial charge in [0.25, 0.3) is 5.91 Å². The van der Waals surface area contributed by atoms with E-state index in [9.17, 15) is 10.1 Å². The van der Waals surface area contributed by atoms with Crippen LogP contribution >= 0.6 is 11.3 Å². The largest absolute Gasteiger partial charge is 0.493 e. The number of amides is 1. The Kier molecular flexibility index (Phi) is 8.26. The lowest BCUT2D eigenvalue weighted by Crippen LogP contribution is -2.32. The summed E-state index contributed by atoms with van der Waals surface area (Å²) in [4.78, 5) is 18.7. The van der Waals surface area contributed by atoms with Crippen molar-refractivity contribution in [2.24, 2.45) is 10.2 Å². The molecule has 0 saturated carbocycles.